The Hall–Kier alpha value is -1.75. The Kier molecular flexibility index (Phi) is 10.5. The molecule has 0 radical (unpaired) electrons. The van der Waals surface area contributed by atoms with Gasteiger partial charge in [-0.25, -0.2) is 17.2 Å². The molecule has 0 spiro atoms. The van der Waals surface area contributed by atoms with Crippen molar-refractivity contribution in [1.82, 2.24) is 10.6 Å². The largest absolute Gasteiger partial charge is 0.357 e. The number of hydrogen-bond acceptors (Lipinski definition) is 3. The lowest BCUT2D eigenvalue weighted by Crippen LogP contribution is -2.38. The molecule has 0 heterocycles. The predicted octanol–water partition coefficient (Wildman–Crippen LogP) is 3.33. The van der Waals surface area contributed by atoms with Crippen LogP contribution < -0.4 is 10.6 Å². The minimum atomic E-state index is -3.20. The molecule has 0 aliphatic heterocycles. The predicted molar refractivity (Wildman–Crippen MR) is 123 cm³/mol. The van der Waals surface area contributed by atoms with Gasteiger partial charge in [0.1, 0.15) is 11.6 Å². The van der Waals surface area contributed by atoms with E-state index in [1.165, 1.54) is 24.5 Å². The fourth-order valence-corrected chi connectivity index (χ4v) is 3.25. The highest BCUT2D eigenvalue weighted by atomic mass is 127. The average molecular weight is 537 g/mol. The summed E-state index contributed by atoms with van der Waals surface area (Å²) in [4.78, 5) is 4.64. The normalized spacial score (nSPS) is 11.7. The molecule has 2 aromatic rings. The van der Waals surface area contributed by atoms with Gasteiger partial charge in [0.2, 0.25) is 0 Å². The van der Waals surface area contributed by atoms with Gasteiger partial charge in [-0.15, -0.1) is 24.0 Å². The standard InChI is InChI=1S/C20H25F2N3O2S.HI/c1-3-23-20(25-14-12-17-18(21)5-4-6-19(17)22)24-13-11-15-7-9-16(10-8-15)28(2,26)27;/h4-10H,3,11-14H2,1-2H3,(H2,23,24,25);1H. The molecule has 0 aliphatic rings. The molecule has 0 atom stereocenters. The molecule has 0 bridgehead atoms. The molecule has 0 saturated heterocycles. The first-order valence-corrected chi connectivity index (χ1v) is 10.9. The van der Waals surface area contributed by atoms with E-state index in [9.17, 15) is 17.2 Å². The summed E-state index contributed by atoms with van der Waals surface area (Å²) in [6, 6.07) is 10.6. The van der Waals surface area contributed by atoms with Gasteiger partial charge in [0.05, 0.1) is 4.90 Å². The molecule has 2 N–H and O–H groups in total. The van der Waals surface area contributed by atoms with Crippen molar-refractivity contribution in [2.75, 3.05) is 25.9 Å². The van der Waals surface area contributed by atoms with Gasteiger partial charge in [0, 0.05) is 31.5 Å². The molecular weight excluding hydrogens is 511 g/mol. The zero-order chi connectivity index (χ0) is 20.6. The maximum atomic E-state index is 13.7. The van der Waals surface area contributed by atoms with E-state index < -0.39 is 21.5 Å². The van der Waals surface area contributed by atoms with Gasteiger partial charge >= 0.3 is 0 Å². The summed E-state index contributed by atoms with van der Waals surface area (Å²) in [5, 5.41) is 6.25. The van der Waals surface area contributed by atoms with Crippen molar-refractivity contribution >= 4 is 39.8 Å². The van der Waals surface area contributed by atoms with Gasteiger partial charge < -0.3 is 10.6 Å². The summed E-state index contributed by atoms with van der Waals surface area (Å²) < 4.78 is 50.3. The summed E-state index contributed by atoms with van der Waals surface area (Å²) >= 11 is 0. The van der Waals surface area contributed by atoms with Crippen molar-refractivity contribution in [2.45, 2.75) is 24.7 Å². The van der Waals surface area contributed by atoms with Crippen LogP contribution in [-0.4, -0.2) is 40.3 Å². The van der Waals surface area contributed by atoms with Gasteiger partial charge in [0.15, 0.2) is 15.8 Å². The molecule has 0 aliphatic carbocycles. The van der Waals surface area contributed by atoms with E-state index in [0.717, 1.165) is 5.56 Å². The van der Waals surface area contributed by atoms with Crippen molar-refractivity contribution in [3.8, 4) is 0 Å². The molecule has 9 heteroatoms. The molecule has 0 saturated carbocycles. The Morgan fingerprint density at radius 3 is 2.17 bits per heavy atom. The van der Waals surface area contributed by atoms with Crippen LogP contribution in [0.2, 0.25) is 0 Å². The lowest BCUT2D eigenvalue weighted by atomic mass is 10.1. The Bertz CT molecular complexity index is 900. The zero-order valence-corrected chi connectivity index (χ0v) is 19.6. The summed E-state index contributed by atoms with van der Waals surface area (Å²) in [6.07, 6.45) is 2.02. The smallest absolute Gasteiger partial charge is 0.191 e. The quantitative estimate of drug-likeness (QED) is 0.308. The van der Waals surface area contributed by atoms with E-state index in [0.29, 0.717) is 30.4 Å². The fraction of sp³-hybridized carbons (Fsp3) is 0.350. The Morgan fingerprint density at radius 2 is 1.62 bits per heavy atom. The van der Waals surface area contributed by atoms with E-state index in [-0.39, 0.29) is 42.5 Å². The third kappa shape index (κ3) is 8.25. The Labute approximate surface area is 188 Å². The number of rotatable bonds is 8. The lowest BCUT2D eigenvalue weighted by molar-refractivity contribution is 0.555. The van der Waals surface area contributed by atoms with Gasteiger partial charge in [-0.1, -0.05) is 18.2 Å². The highest BCUT2D eigenvalue weighted by molar-refractivity contribution is 14.0. The second-order valence-electron chi connectivity index (χ2n) is 6.30. The van der Waals surface area contributed by atoms with E-state index in [2.05, 4.69) is 15.6 Å². The monoisotopic (exact) mass is 537 g/mol. The lowest BCUT2D eigenvalue weighted by Gasteiger charge is -2.12. The molecule has 0 unspecified atom stereocenters. The third-order valence-corrected chi connectivity index (χ3v) is 5.22. The number of guanidine groups is 1. The van der Waals surface area contributed by atoms with Crippen LogP contribution in [-0.2, 0) is 22.7 Å². The van der Waals surface area contributed by atoms with Crippen molar-refractivity contribution in [3.05, 3.63) is 65.2 Å². The highest BCUT2D eigenvalue weighted by Gasteiger charge is 2.08. The van der Waals surface area contributed by atoms with Crippen LogP contribution in [0.4, 0.5) is 8.78 Å². The highest BCUT2D eigenvalue weighted by Crippen LogP contribution is 2.13. The fourth-order valence-electron chi connectivity index (χ4n) is 2.62. The van der Waals surface area contributed by atoms with Gasteiger partial charge in [-0.05, 0) is 49.6 Å². The summed E-state index contributed by atoms with van der Waals surface area (Å²) in [7, 11) is -3.20. The second kappa shape index (κ2) is 12.1. The Balaban J connectivity index is 0.00000420. The van der Waals surface area contributed by atoms with E-state index in [4.69, 9.17) is 0 Å². The van der Waals surface area contributed by atoms with Crippen molar-refractivity contribution < 1.29 is 17.2 Å². The van der Waals surface area contributed by atoms with Crippen LogP contribution in [0.25, 0.3) is 0 Å². The number of benzene rings is 2. The molecule has 29 heavy (non-hydrogen) atoms. The third-order valence-electron chi connectivity index (χ3n) is 4.10. The summed E-state index contributed by atoms with van der Waals surface area (Å²) in [6.45, 7) is 3.41. The number of nitrogens with zero attached hydrogens (tertiary/aromatic N) is 1. The molecule has 2 aromatic carbocycles. The number of hydrogen-bond donors (Lipinski definition) is 2. The topological polar surface area (TPSA) is 70.6 Å². The number of halogens is 3. The van der Waals surface area contributed by atoms with Crippen LogP contribution in [0, 0.1) is 11.6 Å². The second-order valence-corrected chi connectivity index (χ2v) is 8.32. The summed E-state index contributed by atoms with van der Waals surface area (Å²) in [5.41, 5.74) is 1.03. The van der Waals surface area contributed by atoms with Crippen LogP contribution >= 0.6 is 24.0 Å². The first-order valence-electron chi connectivity index (χ1n) is 9.05. The van der Waals surface area contributed by atoms with E-state index >= 15 is 0 Å². The zero-order valence-electron chi connectivity index (χ0n) is 16.4. The first-order chi connectivity index (χ1) is 13.3. The van der Waals surface area contributed by atoms with Crippen LogP contribution in [0.5, 0.6) is 0 Å². The van der Waals surface area contributed by atoms with Gasteiger partial charge in [-0.2, -0.15) is 0 Å². The van der Waals surface area contributed by atoms with Gasteiger partial charge in [-0.3, -0.25) is 4.99 Å². The Morgan fingerprint density at radius 1 is 1.00 bits per heavy atom. The van der Waals surface area contributed by atoms with Crippen LogP contribution in [0.3, 0.4) is 0 Å². The molecular formula is C20H26F2IN3O2S. The average Bonchev–Trinajstić information content (AvgIpc) is 2.64. The van der Waals surface area contributed by atoms with E-state index in [1.54, 1.807) is 24.3 Å². The molecule has 0 amide bonds. The molecule has 0 aromatic heterocycles. The van der Waals surface area contributed by atoms with Crippen molar-refractivity contribution in [3.63, 3.8) is 0 Å². The maximum absolute atomic E-state index is 13.7. The van der Waals surface area contributed by atoms with E-state index in [1.807, 2.05) is 6.92 Å². The molecule has 0 fully saturated rings. The number of nitrogens with one attached hydrogen (secondary N) is 2. The van der Waals surface area contributed by atoms with Crippen LogP contribution in [0.1, 0.15) is 18.1 Å². The first kappa shape index (κ1) is 25.3. The minimum Gasteiger partial charge on any atom is -0.357 e. The number of sulfone groups is 1. The maximum Gasteiger partial charge on any atom is 0.191 e. The molecule has 5 nitrogen and oxygen atoms in total. The molecule has 2 rings (SSSR count). The van der Waals surface area contributed by atoms with Gasteiger partial charge in [0.25, 0.3) is 0 Å². The van der Waals surface area contributed by atoms with Crippen molar-refractivity contribution in [2.24, 2.45) is 4.99 Å². The minimum absolute atomic E-state index is 0. The van der Waals surface area contributed by atoms with Crippen LogP contribution in [0.15, 0.2) is 52.4 Å². The number of aliphatic imine (C=N–C) groups is 1. The van der Waals surface area contributed by atoms with Crippen molar-refractivity contribution in [1.29, 1.82) is 0 Å². The molecule has 160 valence electrons. The SMILES string of the molecule is CCNC(=NCCc1c(F)cccc1F)NCCc1ccc(S(C)(=O)=O)cc1.I. The summed E-state index contributed by atoms with van der Waals surface area (Å²) in [5.74, 6) is -0.566.